The maximum atomic E-state index is 11.9. The summed E-state index contributed by atoms with van der Waals surface area (Å²) in [5.74, 6) is 0.333. The van der Waals surface area contributed by atoms with Crippen LogP contribution in [0.3, 0.4) is 0 Å². The number of unbranched alkanes of at least 4 members (excludes halogenated alkanes) is 1. The Kier molecular flexibility index (Phi) is 7.22. The van der Waals surface area contributed by atoms with Crippen molar-refractivity contribution in [2.24, 2.45) is 0 Å². The minimum absolute atomic E-state index is 0.0432. The first-order valence-corrected chi connectivity index (χ1v) is 7.47. The van der Waals surface area contributed by atoms with Crippen LogP contribution in [0.15, 0.2) is 18.2 Å². The van der Waals surface area contributed by atoms with E-state index in [4.69, 9.17) is 4.74 Å². The quantitative estimate of drug-likeness (QED) is 0.644. The number of carbonyl (C=O) groups excluding carboxylic acids is 2. The number of carbonyl (C=O) groups is 2. The first kappa shape index (κ1) is 17.8. The van der Waals surface area contributed by atoms with Gasteiger partial charge in [-0.2, -0.15) is 0 Å². The summed E-state index contributed by atoms with van der Waals surface area (Å²) in [6.45, 7) is 6.01. The summed E-state index contributed by atoms with van der Waals surface area (Å²) < 4.78 is 5.25. The van der Waals surface area contributed by atoms with E-state index in [0.29, 0.717) is 18.0 Å². The fourth-order valence-electron chi connectivity index (χ4n) is 1.93. The minimum atomic E-state index is -0.354. The zero-order valence-electron chi connectivity index (χ0n) is 13.7. The number of benzene rings is 1. The van der Waals surface area contributed by atoms with Crippen LogP contribution in [-0.4, -0.2) is 31.5 Å². The average molecular weight is 307 g/mol. The standard InChI is InChI=1S/C16H25N3O3/c1-5-6-9-17-16(21)11(2)18-13-7-8-14(19-12(3)20)15(10-13)22-4/h7-8,10-11,18H,5-6,9H2,1-4H3,(H,17,21)(H,19,20)/t11-/m1/s1. The second kappa shape index (κ2) is 8.92. The van der Waals surface area contributed by atoms with Gasteiger partial charge in [0.1, 0.15) is 11.8 Å². The van der Waals surface area contributed by atoms with E-state index in [1.54, 1.807) is 25.1 Å². The smallest absolute Gasteiger partial charge is 0.242 e. The molecular formula is C16H25N3O3. The third-order valence-electron chi connectivity index (χ3n) is 3.12. The number of rotatable bonds is 8. The molecule has 3 N–H and O–H groups in total. The summed E-state index contributed by atoms with van der Waals surface area (Å²) in [5.41, 5.74) is 1.35. The first-order chi connectivity index (χ1) is 10.5. The number of nitrogens with one attached hydrogen (secondary N) is 3. The summed E-state index contributed by atoms with van der Waals surface area (Å²) in [4.78, 5) is 23.1. The van der Waals surface area contributed by atoms with Crippen LogP contribution in [0.2, 0.25) is 0 Å². The van der Waals surface area contributed by atoms with E-state index in [9.17, 15) is 9.59 Å². The van der Waals surface area contributed by atoms with Crippen LogP contribution in [0.1, 0.15) is 33.6 Å². The van der Waals surface area contributed by atoms with Gasteiger partial charge in [-0.3, -0.25) is 9.59 Å². The molecule has 0 aromatic heterocycles. The van der Waals surface area contributed by atoms with Gasteiger partial charge in [0.15, 0.2) is 0 Å². The van der Waals surface area contributed by atoms with Gasteiger partial charge in [0.05, 0.1) is 12.8 Å². The van der Waals surface area contributed by atoms with Gasteiger partial charge in [-0.15, -0.1) is 0 Å². The zero-order chi connectivity index (χ0) is 16.5. The molecule has 0 aliphatic carbocycles. The molecule has 0 spiro atoms. The largest absolute Gasteiger partial charge is 0.494 e. The minimum Gasteiger partial charge on any atom is -0.494 e. The highest BCUT2D eigenvalue weighted by Crippen LogP contribution is 2.28. The maximum Gasteiger partial charge on any atom is 0.242 e. The number of anilines is 2. The normalized spacial score (nSPS) is 11.5. The molecule has 6 heteroatoms. The molecule has 0 unspecified atom stereocenters. The van der Waals surface area contributed by atoms with Crippen LogP contribution in [0.25, 0.3) is 0 Å². The van der Waals surface area contributed by atoms with Crippen LogP contribution in [0, 0.1) is 0 Å². The van der Waals surface area contributed by atoms with Crippen molar-refractivity contribution in [2.75, 3.05) is 24.3 Å². The van der Waals surface area contributed by atoms with Crippen LogP contribution < -0.4 is 20.7 Å². The molecule has 1 rings (SSSR count). The van der Waals surface area contributed by atoms with Gasteiger partial charge in [0, 0.05) is 25.2 Å². The fraction of sp³-hybridized carbons (Fsp3) is 0.500. The molecule has 22 heavy (non-hydrogen) atoms. The van der Waals surface area contributed by atoms with E-state index in [0.717, 1.165) is 18.5 Å². The van der Waals surface area contributed by atoms with Crippen LogP contribution >= 0.6 is 0 Å². The summed E-state index contributed by atoms with van der Waals surface area (Å²) in [6, 6.07) is 4.93. The van der Waals surface area contributed by atoms with Gasteiger partial charge < -0.3 is 20.7 Å². The van der Waals surface area contributed by atoms with Crippen LogP contribution in [-0.2, 0) is 9.59 Å². The molecular weight excluding hydrogens is 282 g/mol. The SMILES string of the molecule is CCCCNC(=O)[C@@H](C)Nc1ccc(NC(C)=O)c(OC)c1. The summed E-state index contributed by atoms with van der Waals surface area (Å²) in [5, 5.41) is 8.69. The zero-order valence-corrected chi connectivity index (χ0v) is 13.7. The van der Waals surface area contributed by atoms with E-state index >= 15 is 0 Å². The molecule has 6 nitrogen and oxygen atoms in total. The third kappa shape index (κ3) is 5.63. The van der Waals surface area contributed by atoms with Crippen LogP contribution in [0.4, 0.5) is 11.4 Å². The molecule has 0 aliphatic heterocycles. The Morgan fingerprint density at radius 1 is 1.32 bits per heavy atom. The summed E-state index contributed by atoms with van der Waals surface area (Å²) in [6.07, 6.45) is 2.02. The van der Waals surface area contributed by atoms with Gasteiger partial charge in [0.2, 0.25) is 11.8 Å². The van der Waals surface area contributed by atoms with E-state index in [1.165, 1.54) is 14.0 Å². The lowest BCUT2D eigenvalue weighted by Gasteiger charge is -2.17. The second-order valence-corrected chi connectivity index (χ2v) is 5.11. The predicted octanol–water partition coefficient (Wildman–Crippen LogP) is 2.37. The molecule has 0 radical (unpaired) electrons. The Balaban J connectivity index is 2.69. The highest BCUT2D eigenvalue weighted by Gasteiger charge is 2.13. The van der Waals surface area contributed by atoms with Crippen molar-refractivity contribution in [3.05, 3.63) is 18.2 Å². The number of hydrogen-bond acceptors (Lipinski definition) is 4. The molecule has 0 bridgehead atoms. The maximum absolute atomic E-state index is 11.9. The van der Waals surface area contributed by atoms with E-state index in [-0.39, 0.29) is 17.9 Å². The lowest BCUT2D eigenvalue weighted by atomic mass is 10.2. The lowest BCUT2D eigenvalue weighted by molar-refractivity contribution is -0.121. The topological polar surface area (TPSA) is 79.5 Å². The molecule has 1 aromatic carbocycles. The molecule has 122 valence electrons. The van der Waals surface area contributed by atoms with E-state index in [2.05, 4.69) is 22.9 Å². The van der Waals surface area contributed by atoms with Crippen molar-refractivity contribution in [2.45, 2.75) is 39.7 Å². The van der Waals surface area contributed by atoms with Crippen molar-refractivity contribution in [1.29, 1.82) is 0 Å². The number of amides is 2. The number of methoxy groups -OCH3 is 1. The van der Waals surface area contributed by atoms with Crippen molar-refractivity contribution < 1.29 is 14.3 Å². The van der Waals surface area contributed by atoms with Gasteiger partial charge in [-0.25, -0.2) is 0 Å². The fourth-order valence-corrected chi connectivity index (χ4v) is 1.93. The Morgan fingerprint density at radius 3 is 2.64 bits per heavy atom. The predicted molar refractivity (Wildman–Crippen MR) is 88.3 cm³/mol. The molecule has 2 amide bonds. The summed E-state index contributed by atoms with van der Waals surface area (Å²) in [7, 11) is 1.53. The molecule has 0 saturated heterocycles. The molecule has 0 heterocycles. The molecule has 1 atom stereocenters. The highest BCUT2D eigenvalue weighted by molar-refractivity contribution is 5.91. The monoisotopic (exact) mass is 307 g/mol. The lowest BCUT2D eigenvalue weighted by Crippen LogP contribution is -2.37. The Morgan fingerprint density at radius 2 is 2.05 bits per heavy atom. The summed E-state index contributed by atoms with van der Waals surface area (Å²) >= 11 is 0. The average Bonchev–Trinajstić information content (AvgIpc) is 2.48. The highest BCUT2D eigenvalue weighted by atomic mass is 16.5. The second-order valence-electron chi connectivity index (χ2n) is 5.11. The van der Waals surface area contributed by atoms with Crippen LogP contribution in [0.5, 0.6) is 5.75 Å². The van der Waals surface area contributed by atoms with E-state index in [1.807, 2.05) is 0 Å². The van der Waals surface area contributed by atoms with Crippen molar-refractivity contribution >= 4 is 23.2 Å². The Hall–Kier alpha value is -2.24. The molecule has 0 saturated carbocycles. The molecule has 1 aromatic rings. The Bertz CT molecular complexity index is 517. The van der Waals surface area contributed by atoms with Crippen molar-refractivity contribution in [3.63, 3.8) is 0 Å². The van der Waals surface area contributed by atoms with Crippen molar-refractivity contribution in [3.8, 4) is 5.75 Å². The van der Waals surface area contributed by atoms with Gasteiger partial charge >= 0.3 is 0 Å². The van der Waals surface area contributed by atoms with Gasteiger partial charge in [-0.1, -0.05) is 13.3 Å². The van der Waals surface area contributed by atoms with E-state index < -0.39 is 0 Å². The molecule has 0 aliphatic rings. The third-order valence-corrected chi connectivity index (χ3v) is 3.12. The first-order valence-electron chi connectivity index (χ1n) is 7.47. The van der Waals surface area contributed by atoms with Gasteiger partial charge in [0.25, 0.3) is 0 Å². The number of ether oxygens (including phenoxy) is 1. The van der Waals surface area contributed by atoms with Crippen molar-refractivity contribution in [1.82, 2.24) is 5.32 Å². The number of hydrogen-bond donors (Lipinski definition) is 3. The van der Waals surface area contributed by atoms with Gasteiger partial charge in [-0.05, 0) is 25.5 Å². The molecule has 0 fully saturated rings. The Labute approximate surface area is 131 Å².